The second kappa shape index (κ2) is 5.60. The number of fused-ring (bicyclic) bond motifs is 2. The predicted molar refractivity (Wildman–Crippen MR) is 91.7 cm³/mol. The zero-order chi connectivity index (χ0) is 16.8. The molecular weight excluding hydrogens is 312 g/mol. The molecule has 1 aliphatic carbocycles. The van der Waals surface area contributed by atoms with E-state index in [1.54, 1.807) is 6.07 Å². The molecule has 5 heteroatoms. The maximum Gasteiger partial charge on any atom is 0.205 e. The van der Waals surface area contributed by atoms with Gasteiger partial charge in [-0.2, -0.15) is 0 Å². The maximum absolute atomic E-state index is 13.0. The van der Waals surface area contributed by atoms with Gasteiger partial charge in [0, 0.05) is 10.6 Å². The number of benzene rings is 1. The van der Waals surface area contributed by atoms with Crippen LogP contribution in [0.5, 0.6) is 0 Å². The Morgan fingerprint density at radius 1 is 1.39 bits per heavy atom. The van der Waals surface area contributed by atoms with E-state index in [-0.39, 0.29) is 17.2 Å². The van der Waals surface area contributed by atoms with Gasteiger partial charge in [-0.15, -0.1) is 0 Å². The largest absolute Gasteiger partial charge is 0.468 e. The zero-order valence-electron chi connectivity index (χ0n) is 13.8. The second-order valence-corrected chi connectivity index (χ2v) is 7.90. The Balaban J connectivity index is 2.15. The number of aliphatic imine (C=N–C) groups is 1. The number of ether oxygens (including phenoxy) is 1. The SMILES string of the molecule is CC(C)(C)C(N)C1=N[C@]2(c3ccccc3Cl)CCC[C@H](O1)C2=O. The Morgan fingerprint density at radius 2 is 2.09 bits per heavy atom. The molecular formula is C18H23ClN2O2. The van der Waals surface area contributed by atoms with Crippen LogP contribution in [0.4, 0.5) is 0 Å². The third-order valence-corrected chi connectivity index (χ3v) is 5.12. The number of nitrogens with two attached hydrogens (primary N) is 1. The first-order chi connectivity index (χ1) is 10.8. The molecule has 0 amide bonds. The molecule has 124 valence electrons. The Hall–Kier alpha value is -1.39. The van der Waals surface area contributed by atoms with Gasteiger partial charge in [0.15, 0.2) is 11.6 Å². The average molecular weight is 335 g/mol. The molecule has 2 bridgehead atoms. The number of rotatable bonds is 2. The number of hydrogen-bond donors (Lipinski definition) is 1. The van der Waals surface area contributed by atoms with Crippen LogP contribution in [0.1, 0.15) is 45.6 Å². The molecule has 1 aromatic carbocycles. The first-order valence-corrected chi connectivity index (χ1v) is 8.45. The van der Waals surface area contributed by atoms with Gasteiger partial charge in [-0.3, -0.25) is 4.79 Å². The summed E-state index contributed by atoms with van der Waals surface area (Å²) >= 11 is 6.39. The number of Topliss-reactive ketones (excluding diaryl/α,β-unsaturated/α-hetero) is 1. The number of carbonyl (C=O) groups is 1. The topological polar surface area (TPSA) is 64.7 Å². The molecule has 2 aliphatic rings. The Kier molecular flexibility index (Phi) is 4.01. The molecule has 1 fully saturated rings. The number of nitrogens with zero attached hydrogens (tertiary/aromatic N) is 1. The van der Waals surface area contributed by atoms with Crippen molar-refractivity contribution >= 4 is 23.3 Å². The van der Waals surface area contributed by atoms with E-state index < -0.39 is 11.6 Å². The Bertz CT molecular complexity index is 665. The summed E-state index contributed by atoms with van der Waals surface area (Å²) in [6, 6.07) is 7.08. The minimum Gasteiger partial charge on any atom is -0.468 e. The van der Waals surface area contributed by atoms with E-state index in [1.807, 2.05) is 39.0 Å². The zero-order valence-corrected chi connectivity index (χ0v) is 14.6. The minimum absolute atomic E-state index is 0.00158. The molecule has 0 radical (unpaired) electrons. The quantitative estimate of drug-likeness (QED) is 0.900. The molecule has 0 aromatic heterocycles. The molecule has 0 spiro atoms. The Labute approximate surface area is 142 Å². The number of halogens is 1. The van der Waals surface area contributed by atoms with E-state index in [2.05, 4.69) is 0 Å². The summed E-state index contributed by atoms with van der Waals surface area (Å²) < 4.78 is 5.88. The third kappa shape index (κ3) is 2.68. The van der Waals surface area contributed by atoms with Crippen LogP contribution < -0.4 is 5.73 Å². The van der Waals surface area contributed by atoms with Gasteiger partial charge in [0.2, 0.25) is 11.7 Å². The fraction of sp³-hybridized carbons (Fsp3) is 0.556. The van der Waals surface area contributed by atoms with Gasteiger partial charge in [-0.05, 0) is 30.7 Å². The van der Waals surface area contributed by atoms with Crippen LogP contribution in [0, 0.1) is 5.41 Å². The van der Waals surface area contributed by atoms with E-state index >= 15 is 0 Å². The Morgan fingerprint density at radius 3 is 2.74 bits per heavy atom. The van der Waals surface area contributed by atoms with Crippen molar-refractivity contribution in [2.45, 2.75) is 57.7 Å². The maximum atomic E-state index is 13.0. The molecule has 3 rings (SSSR count). The average Bonchev–Trinajstić information content (AvgIpc) is 2.46. The molecule has 4 nitrogen and oxygen atoms in total. The number of hydrogen-bond acceptors (Lipinski definition) is 4. The third-order valence-electron chi connectivity index (χ3n) is 4.79. The van der Waals surface area contributed by atoms with Gasteiger partial charge in [-0.1, -0.05) is 50.6 Å². The molecule has 1 saturated carbocycles. The summed E-state index contributed by atoms with van der Waals surface area (Å²) in [7, 11) is 0. The highest BCUT2D eigenvalue weighted by molar-refractivity contribution is 6.32. The molecule has 1 aliphatic heterocycles. The van der Waals surface area contributed by atoms with E-state index in [1.165, 1.54) is 0 Å². The summed E-state index contributed by atoms with van der Waals surface area (Å²) in [5.74, 6) is 0.475. The van der Waals surface area contributed by atoms with Crippen LogP contribution in [0.15, 0.2) is 29.3 Å². The lowest BCUT2D eigenvalue weighted by atomic mass is 9.73. The summed E-state index contributed by atoms with van der Waals surface area (Å²) in [5.41, 5.74) is 5.97. The fourth-order valence-electron chi connectivity index (χ4n) is 3.29. The van der Waals surface area contributed by atoms with Crippen molar-refractivity contribution in [3.8, 4) is 0 Å². The van der Waals surface area contributed by atoms with E-state index in [9.17, 15) is 4.79 Å². The molecule has 3 atom stereocenters. The summed E-state index contributed by atoms with van der Waals surface area (Å²) in [5, 5.41) is 0.566. The predicted octanol–water partition coefficient (Wildman–Crippen LogP) is 3.46. The van der Waals surface area contributed by atoms with E-state index in [0.717, 1.165) is 12.0 Å². The van der Waals surface area contributed by atoms with Gasteiger partial charge in [0.05, 0.1) is 6.04 Å². The fourth-order valence-corrected chi connectivity index (χ4v) is 3.58. The molecule has 23 heavy (non-hydrogen) atoms. The smallest absolute Gasteiger partial charge is 0.205 e. The summed E-state index contributed by atoms with van der Waals surface area (Å²) in [6.45, 7) is 6.12. The molecule has 2 N–H and O–H groups in total. The van der Waals surface area contributed by atoms with Gasteiger partial charge in [0.1, 0.15) is 0 Å². The highest BCUT2D eigenvalue weighted by atomic mass is 35.5. The number of carbonyl (C=O) groups excluding carboxylic acids is 1. The molecule has 1 aromatic rings. The summed E-state index contributed by atoms with van der Waals surface area (Å²) in [6.07, 6.45) is 1.76. The van der Waals surface area contributed by atoms with Gasteiger partial charge >= 0.3 is 0 Å². The first-order valence-electron chi connectivity index (χ1n) is 8.07. The lowest BCUT2D eigenvalue weighted by Gasteiger charge is -2.43. The van der Waals surface area contributed by atoms with Crippen molar-refractivity contribution < 1.29 is 9.53 Å². The van der Waals surface area contributed by atoms with Crippen molar-refractivity contribution in [1.29, 1.82) is 0 Å². The molecule has 0 saturated heterocycles. The van der Waals surface area contributed by atoms with Crippen molar-refractivity contribution in [1.82, 2.24) is 0 Å². The van der Waals surface area contributed by atoms with Crippen molar-refractivity contribution in [3.05, 3.63) is 34.9 Å². The van der Waals surface area contributed by atoms with E-state index in [4.69, 9.17) is 27.1 Å². The van der Waals surface area contributed by atoms with Gasteiger partial charge < -0.3 is 10.5 Å². The van der Waals surface area contributed by atoms with Crippen molar-refractivity contribution in [3.63, 3.8) is 0 Å². The monoisotopic (exact) mass is 334 g/mol. The van der Waals surface area contributed by atoms with Crippen molar-refractivity contribution in [2.24, 2.45) is 16.1 Å². The molecule has 1 heterocycles. The van der Waals surface area contributed by atoms with Gasteiger partial charge in [-0.25, -0.2) is 4.99 Å². The van der Waals surface area contributed by atoms with Crippen LogP contribution in [0.2, 0.25) is 5.02 Å². The lowest BCUT2D eigenvalue weighted by Crippen LogP contribution is -2.56. The van der Waals surface area contributed by atoms with Crippen LogP contribution in [0.25, 0.3) is 0 Å². The van der Waals surface area contributed by atoms with Crippen LogP contribution in [-0.4, -0.2) is 23.8 Å². The van der Waals surface area contributed by atoms with Crippen LogP contribution >= 0.6 is 11.6 Å². The van der Waals surface area contributed by atoms with Crippen LogP contribution in [0.3, 0.4) is 0 Å². The van der Waals surface area contributed by atoms with Crippen molar-refractivity contribution in [2.75, 3.05) is 0 Å². The minimum atomic E-state index is -0.947. The highest BCUT2D eigenvalue weighted by Gasteiger charge is 2.52. The normalized spacial score (nSPS) is 28.8. The summed E-state index contributed by atoms with van der Waals surface area (Å²) in [4.78, 5) is 17.7. The highest BCUT2D eigenvalue weighted by Crippen LogP contribution is 2.45. The number of ketones is 1. The first kappa shape index (κ1) is 16.5. The van der Waals surface area contributed by atoms with Crippen LogP contribution in [-0.2, 0) is 15.1 Å². The standard InChI is InChI=1S/C18H23ClN2O2/c1-17(2,3)14(20)16-21-18(11-7-4-5-8-12(11)19)10-6-9-13(23-16)15(18)22/h4-5,7-8,13-14H,6,9-10,20H2,1-3H3/t13-,14?,18-/m0/s1. The van der Waals surface area contributed by atoms with Gasteiger partial charge in [0.25, 0.3) is 0 Å². The second-order valence-electron chi connectivity index (χ2n) is 7.50. The lowest BCUT2D eigenvalue weighted by molar-refractivity contribution is -0.137. The molecule has 1 unspecified atom stereocenters. The van der Waals surface area contributed by atoms with E-state index in [0.29, 0.717) is 23.8 Å².